The van der Waals surface area contributed by atoms with E-state index in [9.17, 15) is 0 Å². The molecule has 0 N–H and O–H groups in total. The Morgan fingerprint density at radius 1 is 0.773 bits per heavy atom. The minimum atomic E-state index is 1.13. The number of hydrogen-bond donors (Lipinski definition) is 0. The normalized spacial score (nSPS) is 10.7. The summed E-state index contributed by atoms with van der Waals surface area (Å²) in [6.45, 7) is 8.48. The van der Waals surface area contributed by atoms with Crippen LogP contribution in [0.4, 0.5) is 0 Å². The summed E-state index contributed by atoms with van der Waals surface area (Å²) in [4.78, 5) is 12.4. The lowest BCUT2D eigenvalue weighted by Gasteiger charge is -1.90. The van der Waals surface area contributed by atoms with Gasteiger partial charge in [-0.25, -0.2) is 4.98 Å². The van der Waals surface area contributed by atoms with Gasteiger partial charge in [0.05, 0.1) is 10.2 Å². The zero-order valence-corrected chi connectivity index (χ0v) is 14.8. The number of thiophene rings is 2. The molecule has 0 bridgehead atoms. The molecule has 4 aromatic rings. The molecule has 4 rings (SSSR count). The third-order valence-corrected chi connectivity index (χ3v) is 5.64. The molecule has 0 aliphatic heterocycles. The summed E-state index contributed by atoms with van der Waals surface area (Å²) >= 11 is 3.57. The average molecular weight is 326 g/mol. The zero-order valence-electron chi connectivity index (χ0n) is 13.2. The number of pyridine rings is 2. The first-order valence-corrected chi connectivity index (χ1v) is 8.81. The van der Waals surface area contributed by atoms with E-state index in [4.69, 9.17) is 0 Å². The summed E-state index contributed by atoms with van der Waals surface area (Å²) in [5.41, 5.74) is 3.78. The molecule has 0 aromatic carbocycles. The maximum Gasteiger partial charge on any atom is 0.123 e. The van der Waals surface area contributed by atoms with E-state index in [0.717, 1.165) is 10.3 Å². The lowest BCUT2D eigenvalue weighted by Crippen LogP contribution is -1.74. The minimum Gasteiger partial charge on any atom is -0.255 e. The van der Waals surface area contributed by atoms with Gasteiger partial charge in [0.2, 0.25) is 0 Å². The number of fused-ring (bicyclic) bond motifs is 2. The van der Waals surface area contributed by atoms with E-state index in [1.807, 2.05) is 23.7 Å². The fourth-order valence-electron chi connectivity index (χ4n) is 2.37. The SMILES string of the molecule is Cc1cc2c(C)ccnc2s1.Cc1cc2nccc(C)c2s1. The van der Waals surface area contributed by atoms with E-state index in [-0.39, 0.29) is 0 Å². The number of nitrogens with zero attached hydrogens (tertiary/aromatic N) is 2. The van der Waals surface area contributed by atoms with Gasteiger partial charge in [0.15, 0.2) is 0 Å². The van der Waals surface area contributed by atoms with Gasteiger partial charge in [-0.15, -0.1) is 22.7 Å². The maximum atomic E-state index is 4.28. The van der Waals surface area contributed by atoms with Crippen LogP contribution in [-0.4, -0.2) is 9.97 Å². The summed E-state index contributed by atoms with van der Waals surface area (Å²) in [7, 11) is 0. The molecule has 0 spiro atoms. The van der Waals surface area contributed by atoms with Crippen LogP contribution in [0.5, 0.6) is 0 Å². The minimum absolute atomic E-state index is 1.13. The van der Waals surface area contributed by atoms with Gasteiger partial charge in [-0.3, -0.25) is 4.98 Å². The highest BCUT2D eigenvalue weighted by molar-refractivity contribution is 7.19. The maximum absolute atomic E-state index is 4.28. The second kappa shape index (κ2) is 6.15. The smallest absolute Gasteiger partial charge is 0.123 e. The first kappa shape index (κ1) is 15.1. The van der Waals surface area contributed by atoms with Crippen LogP contribution in [0.2, 0.25) is 0 Å². The highest BCUT2D eigenvalue weighted by Crippen LogP contribution is 2.26. The molecule has 0 saturated carbocycles. The van der Waals surface area contributed by atoms with Gasteiger partial charge in [0.25, 0.3) is 0 Å². The molecule has 0 saturated heterocycles. The highest BCUT2D eigenvalue weighted by atomic mass is 32.1. The molecule has 0 radical (unpaired) electrons. The van der Waals surface area contributed by atoms with Gasteiger partial charge >= 0.3 is 0 Å². The summed E-state index contributed by atoms with van der Waals surface area (Å²) in [6.07, 6.45) is 3.73. The van der Waals surface area contributed by atoms with Crippen molar-refractivity contribution in [2.24, 2.45) is 0 Å². The number of aromatic nitrogens is 2. The van der Waals surface area contributed by atoms with Gasteiger partial charge in [-0.05, 0) is 63.1 Å². The molecule has 4 heteroatoms. The van der Waals surface area contributed by atoms with Gasteiger partial charge in [-0.2, -0.15) is 0 Å². The van der Waals surface area contributed by atoms with Crippen LogP contribution in [0.1, 0.15) is 20.9 Å². The van der Waals surface area contributed by atoms with Crippen LogP contribution in [0.25, 0.3) is 20.4 Å². The van der Waals surface area contributed by atoms with Crippen LogP contribution in [0.3, 0.4) is 0 Å². The van der Waals surface area contributed by atoms with E-state index >= 15 is 0 Å². The highest BCUT2D eigenvalue weighted by Gasteiger charge is 2.01. The fraction of sp³-hybridized carbons (Fsp3) is 0.222. The third kappa shape index (κ3) is 3.03. The Bertz CT molecular complexity index is 857. The molecule has 0 unspecified atom stereocenters. The molecule has 0 amide bonds. The summed E-state index contributed by atoms with van der Waals surface area (Å²) < 4.78 is 1.32. The first-order valence-electron chi connectivity index (χ1n) is 7.18. The Morgan fingerprint density at radius 2 is 1.45 bits per heavy atom. The van der Waals surface area contributed by atoms with Crippen molar-refractivity contribution in [3.8, 4) is 0 Å². The molecule has 4 heterocycles. The van der Waals surface area contributed by atoms with Crippen molar-refractivity contribution in [3.05, 3.63) is 57.5 Å². The quantitative estimate of drug-likeness (QED) is 0.406. The summed E-state index contributed by atoms with van der Waals surface area (Å²) in [5.74, 6) is 0. The molecule has 4 aromatic heterocycles. The molecule has 0 fully saturated rings. The second-order valence-corrected chi connectivity index (χ2v) is 7.89. The van der Waals surface area contributed by atoms with Crippen LogP contribution in [0, 0.1) is 27.7 Å². The van der Waals surface area contributed by atoms with E-state index in [0.29, 0.717) is 0 Å². The van der Waals surface area contributed by atoms with Crippen molar-refractivity contribution in [2.75, 3.05) is 0 Å². The Labute approximate surface area is 138 Å². The molecule has 0 atom stereocenters. The third-order valence-electron chi connectivity index (χ3n) is 3.51. The van der Waals surface area contributed by atoms with Crippen LogP contribution in [-0.2, 0) is 0 Å². The second-order valence-electron chi connectivity index (χ2n) is 5.40. The number of aryl methyl sites for hydroxylation is 4. The molecule has 22 heavy (non-hydrogen) atoms. The van der Waals surface area contributed by atoms with Crippen LogP contribution in [0.15, 0.2) is 36.7 Å². The number of hydrogen-bond acceptors (Lipinski definition) is 4. The molecule has 112 valence electrons. The lowest BCUT2D eigenvalue weighted by molar-refractivity contribution is 1.38. The molecular weight excluding hydrogens is 308 g/mol. The fourth-order valence-corrected chi connectivity index (χ4v) is 4.23. The topological polar surface area (TPSA) is 25.8 Å². The van der Waals surface area contributed by atoms with Crippen molar-refractivity contribution in [1.29, 1.82) is 0 Å². The van der Waals surface area contributed by atoms with Crippen molar-refractivity contribution in [2.45, 2.75) is 27.7 Å². The first-order chi connectivity index (χ1) is 10.5. The Hall–Kier alpha value is -1.78. The lowest BCUT2D eigenvalue weighted by atomic mass is 10.2. The monoisotopic (exact) mass is 326 g/mol. The van der Waals surface area contributed by atoms with Gasteiger partial charge in [0, 0.05) is 27.5 Å². The summed E-state index contributed by atoms with van der Waals surface area (Å²) in [6, 6.07) is 8.43. The Balaban J connectivity index is 0.000000131. The molecular formula is C18H18N2S2. The van der Waals surface area contributed by atoms with E-state index in [2.05, 4.69) is 61.9 Å². The Morgan fingerprint density at radius 3 is 2.18 bits per heavy atom. The van der Waals surface area contributed by atoms with E-state index < -0.39 is 0 Å². The van der Waals surface area contributed by atoms with Gasteiger partial charge in [-0.1, -0.05) is 0 Å². The van der Waals surface area contributed by atoms with Crippen molar-refractivity contribution >= 4 is 43.1 Å². The zero-order chi connectivity index (χ0) is 15.7. The van der Waals surface area contributed by atoms with E-state index in [1.165, 1.54) is 31.0 Å². The molecule has 0 aliphatic carbocycles. The van der Waals surface area contributed by atoms with E-state index in [1.54, 1.807) is 11.3 Å². The average Bonchev–Trinajstić information content (AvgIpc) is 3.03. The van der Waals surface area contributed by atoms with Gasteiger partial charge in [0.1, 0.15) is 4.83 Å². The van der Waals surface area contributed by atoms with Crippen molar-refractivity contribution < 1.29 is 0 Å². The molecule has 0 aliphatic rings. The van der Waals surface area contributed by atoms with Crippen LogP contribution >= 0.6 is 22.7 Å². The van der Waals surface area contributed by atoms with Crippen LogP contribution < -0.4 is 0 Å². The standard InChI is InChI=1S/2C9H9NS/c1-6-3-4-10-8-5-7(2)11-9(6)8;1-6-3-4-10-9-8(6)5-7(2)11-9/h2*3-5H,1-2H3. The van der Waals surface area contributed by atoms with Crippen molar-refractivity contribution in [3.63, 3.8) is 0 Å². The van der Waals surface area contributed by atoms with Gasteiger partial charge < -0.3 is 0 Å². The summed E-state index contributed by atoms with van der Waals surface area (Å²) in [5, 5.41) is 1.30. The Kier molecular flexibility index (Phi) is 4.23. The van der Waals surface area contributed by atoms with Crippen molar-refractivity contribution in [1.82, 2.24) is 9.97 Å². The predicted molar refractivity (Wildman–Crippen MR) is 98.2 cm³/mol. The predicted octanol–water partition coefficient (Wildman–Crippen LogP) is 5.83. The number of rotatable bonds is 0. The largest absolute Gasteiger partial charge is 0.255 e. The molecule has 2 nitrogen and oxygen atoms in total.